The van der Waals surface area contributed by atoms with Crippen LogP contribution in [0.3, 0.4) is 0 Å². The van der Waals surface area contributed by atoms with E-state index >= 15 is 0 Å². The molecule has 2 aliphatic heterocycles. The van der Waals surface area contributed by atoms with Crippen LogP contribution in [-0.2, 0) is 9.59 Å². The summed E-state index contributed by atoms with van der Waals surface area (Å²) in [5.41, 5.74) is 2.40. The number of benzene rings is 2. The lowest BCUT2D eigenvalue weighted by atomic mass is 10.1. The molecule has 2 aromatic rings. The van der Waals surface area contributed by atoms with Gasteiger partial charge in [-0.05, 0) is 78.0 Å². The number of anilines is 2. The number of piperazine rings is 1. The van der Waals surface area contributed by atoms with Crippen molar-refractivity contribution in [1.82, 2.24) is 4.90 Å². The molecule has 32 heavy (non-hydrogen) atoms. The standard InChI is InChI=1S/C23H22IN3O3S2/c1-15(28)16-2-6-18(7-3-16)25-10-12-26(13-11-25)23(31)32-20-14-21(29)27(22(20)30)19-8-4-17(24)5-9-19/h2-9,20H,10-14H2,1H3/t20-/m1/s1. The molecule has 2 aliphatic rings. The van der Waals surface area contributed by atoms with E-state index in [1.165, 1.54) is 16.7 Å². The Hall–Kier alpha value is -1.98. The molecule has 6 nitrogen and oxygen atoms in total. The van der Waals surface area contributed by atoms with E-state index in [-0.39, 0.29) is 24.0 Å². The summed E-state index contributed by atoms with van der Waals surface area (Å²) < 4.78 is 1.71. The third-order valence-electron chi connectivity index (χ3n) is 5.61. The number of thiocarbonyl (C=S) groups is 1. The summed E-state index contributed by atoms with van der Waals surface area (Å²) >= 11 is 9.13. The molecule has 2 aromatic carbocycles. The number of rotatable bonds is 4. The molecular weight excluding hydrogens is 557 g/mol. The van der Waals surface area contributed by atoms with E-state index in [9.17, 15) is 14.4 Å². The number of thioether (sulfide) groups is 1. The van der Waals surface area contributed by atoms with E-state index in [0.717, 1.165) is 35.4 Å². The molecule has 0 unspecified atom stereocenters. The fourth-order valence-electron chi connectivity index (χ4n) is 3.81. The zero-order valence-electron chi connectivity index (χ0n) is 17.5. The van der Waals surface area contributed by atoms with Crippen LogP contribution in [0.5, 0.6) is 0 Å². The monoisotopic (exact) mass is 579 g/mol. The van der Waals surface area contributed by atoms with Crippen LogP contribution in [0.25, 0.3) is 0 Å². The Labute approximate surface area is 210 Å². The first-order chi connectivity index (χ1) is 15.3. The van der Waals surface area contributed by atoms with Crippen molar-refractivity contribution in [3.63, 3.8) is 0 Å². The highest BCUT2D eigenvalue weighted by Gasteiger charge is 2.41. The highest BCUT2D eigenvalue weighted by molar-refractivity contribution is 14.1. The molecule has 2 saturated heterocycles. The molecule has 0 aromatic heterocycles. The van der Waals surface area contributed by atoms with Gasteiger partial charge in [0, 0.05) is 47.4 Å². The van der Waals surface area contributed by atoms with E-state index < -0.39 is 5.25 Å². The summed E-state index contributed by atoms with van der Waals surface area (Å²) in [5.74, 6) is -0.327. The third kappa shape index (κ3) is 4.99. The van der Waals surface area contributed by atoms with Gasteiger partial charge in [0.05, 0.1) is 5.69 Å². The molecule has 2 amide bonds. The largest absolute Gasteiger partial charge is 0.368 e. The van der Waals surface area contributed by atoms with Gasteiger partial charge < -0.3 is 9.80 Å². The highest BCUT2D eigenvalue weighted by atomic mass is 127. The van der Waals surface area contributed by atoms with Crippen LogP contribution in [0.2, 0.25) is 0 Å². The topological polar surface area (TPSA) is 60.9 Å². The molecule has 2 heterocycles. The molecule has 166 valence electrons. The van der Waals surface area contributed by atoms with Crippen molar-refractivity contribution in [1.29, 1.82) is 0 Å². The van der Waals surface area contributed by atoms with E-state index in [1.807, 2.05) is 36.4 Å². The Kier molecular flexibility index (Phi) is 7.16. The summed E-state index contributed by atoms with van der Waals surface area (Å²) in [5, 5.41) is -0.480. The molecule has 0 aliphatic carbocycles. The fraction of sp³-hybridized carbons (Fsp3) is 0.304. The van der Waals surface area contributed by atoms with E-state index in [4.69, 9.17) is 12.2 Å². The maximum Gasteiger partial charge on any atom is 0.247 e. The van der Waals surface area contributed by atoms with Gasteiger partial charge >= 0.3 is 0 Å². The fourth-order valence-corrected chi connectivity index (χ4v) is 5.71. The number of Topliss-reactive ketones (excluding diaryl/α,β-unsaturated/α-hetero) is 1. The average molecular weight is 579 g/mol. The Bertz CT molecular complexity index is 1050. The molecule has 2 fully saturated rings. The zero-order chi connectivity index (χ0) is 22.8. The van der Waals surface area contributed by atoms with Gasteiger partial charge in [-0.1, -0.05) is 24.0 Å². The Morgan fingerprint density at radius 2 is 1.56 bits per heavy atom. The zero-order valence-corrected chi connectivity index (χ0v) is 21.3. The molecule has 0 radical (unpaired) electrons. The van der Waals surface area contributed by atoms with Gasteiger partial charge in [-0.3, -0.25) is 14.4 Å². The van der Waals surface area contributed by atoms with E-state index in [2.05, 4.69) is 32.4 Å². The maximum absolute atomic E-state index is 12.9. The number of hydrogen-bond acceptors (Lipinski definition) is 6. The average Bonchev–Trinajstić information content (AvgIpc) is 3.07. The van der Waals surface area contributed by atoms with Crippen LogP contribution in [-0.4, -0.2) is 58.2 Å². The van der Waals surface area contributed by atoms with Crippen molar-refractivity contribution in [3.05, 3.63) is 57.7 Å². The lowest BCUT2D eigenvalue weighted by molar-refractivity contribution is -0.121. The van der Waals surface area contributed by atoms with Gasteiger partial charge in [0.15, 0.2) is 5.78 Å². The number of amides is 2. The summed E-state index contributed by atoms with van der Waals surface area (Å²) in [6.45, 7) is 4.65. The summed E-state index contributed by atoms with van der Waals surface area (Å²) in [6.07, 6.45) is 0.165. The minimum absolute atomic E-state index is 0.0595. The Morgan fingerprint density at radius 1 is 0.969 bits per heavy atom. The second-order valence-corrected chi connectivity index (χ2v) is 10.8. The van der Waals surface area contributed by atoms with Gasteiger partial charge in [0.1, 0.15) is 9.57 Å². The predicted molar refractivity (Wildman–Crippen MR) is 140 cm³/mol. The van der Waals surface area contributed by atoms with Crippen LogP contribution in [0.15, 0.2) is 48.5 Å². The van der Waals surface area contributed by atoms with Gasteiger partial charge in [-0.25, -0.2) is 4.90 Å². The number of halogens is 1. The lowest BCUT2D eigenvalue weighted by Gasteiger charge is -2.37. The molecule has 1 atom stereocenters. The van der Waals surface area contributed by atoms with E-state index in [1.54, 1.807) is 19.1 Å². The quantitative estimate of drug-likeness (QED) is 0.235. The van der Waals surface area contributed by atoms with Crippen molar-refractivity contribution in [3.8, 4) is 0 Å². The molecule has 0 N–H and O–H groups in total. The van der Waals surface area contributed by atoms with Crippen molar-refractivity contribution in [2.24, 2.45) is 0 Å². The first-order valence-corrected chi connectivity index (χ1v) is 12.6. The Morgan fingerprint density at radius 3 is 2.16 bits per heavy atom. The van der Waals surface area contributed by atoms with Gasteiger partial charge in [0.25, 0.3) is 0 Å². The number of ketones is 1. The molecule has 4 rings (SSSR count). The van der Waals surface area contributed by atoms with Gasteiger partial charge in [-0.15, -0.1) is 0 Å². The van der Waals surface area contributed by atoms with Crippen molar-refractivity contribution in [2.75, 3.05) is 36.0 Å². The lowest BCUT2D eigenvalue weighted by Crippen LogP contribution is -2.48. The summed E-state index contributed by atoms with van der Waals surface area (Å²) in [7, 11) is 0. The van der Waals surface area contributed by atoms with Gasteiger partial charge in [0.2, 0.25) is 11.8 Å². The molecule has 0 spiro atoms. The van der Waals surface area contributed by atoms with E-state index in [0.29, 0.717) is 15.6 Å². The highest BCUT2D eigenvalue weighted by Crippen LogP contribution is 2.32. The number of nitrogens with zero attached hydrogens (tertiary/aromatic N) is 3. The minimum Gasteiger partial charge on any atom is -0.368 e. The number of hydrogen-bond donors (Lipinski definition) is 0. The normalized spacial score (nSPS) is 18.9. The molecule has 9 heteroatoms. The van der Waals surface area contributed by atoms with Crippen molar-refractivity contribution >= 4 is 79.9 Å². The number of imide groups is 1. The van der Waals surface area contributed by atoms with Crippen LogP contribution >= 0.6 is 46.6 Å². The SMILES string of the molecule is CC(=O)c1ccc(N2CCN(C(=S)S[C@@H]3CC(=O)N(c4ccc(I)cc4)C3=O)CC2)cc1. The van der Waals surface area contributed by atoms with Crippen LogP contribution in [0.1, 0.15) is 23.7 Å². The van der Waals surface area contributed by atoms with Crippen LogP contribution < -0.4 is 9.80 Å². The molecule has 0 bridgehead atoms. The van der Waals surface area contributed by atoms with Crippen molar-refractivity contribution < 1.29 is 14.4 Å². The minimum atomic E-state index is -0.480. The summed E-state index contributed by atoms with van der Waals surface area (Å²) in [6, 6.07) is 15.0. The second-order valence-electron chi connectivity index (χ2n) is 7.70. The first-order valence-electron chi connectivity index (χ1n) is 10.3. The number of carbonyl (C=O) groups excluding carboxylic acids is 3. The molecule has 0 saturated carbocycles. The Balaban J connectivity index is 1.33. The van der Waals surface area contributed by atoms with Gasteiger partial charge in [-0.2, -0.15) is 0 Å². The third-order valence-corrected chi connectivity index (χ3v) is 7.99. The first kappa shape index (κ1) is 23.2. The smallest absolute Gasteiger partial charge is 0.247 e. The van der Waals surface area contributed by atoms with Crippen LogP contribution in [0.4, 0.5) is 11.4 Å². The molecular formula is C23H22IN3O3S2. The maximum atomic E-state index is 12.9. The summed E-state index contributed by atoms with van der Waals surface area (Å²) in [4.78, 5) is 42.5. The van der Waals surface area contributed by atoms with Crippen molar-refractivity contribution in [2.45, 2.75) is 18.6 Å². The number of carbonyl (C=O) groups is 3. The second kappa shape index (κ2) is 9.88. The van der Waals surface area contributed by atoms with Crippen LogP contribution in [0, 0.1) is 3.57 Å². The predicted octanol–water partition coefficient (Wildman–Crippen LogP) is 3.97.